The summed E-state index contributed by atoms with van der Waals surface area (Å²) >= 11 is 5.84. The van der Waals surface area contributed by atoms with Crippen molar-refractivity contribution in [2.45, 2.75) is 6.42 Å². The van der Waals surface area contributed by atoms with E-state index in [9.17, 15) is 4.39 Å². The van der Waals surface area contributed by atoms with Crippen LogP contribution < -0.4 is 14.8 Å². The average Bonchev–Trinajstić information content (AvgIpc) is 2.79. The van der Waals surface area contributed by atoms with Crippen LogP contribution in [0.1, 0.15) is 6.42 Å². The van der Waals surface area contributed by atoms with Crippen LogP contribution in [-0.4, -0.2) is 61.7 Å². The molecule has 1 saturated heterocycles. The molecule has 0 bridgehead atoms. The maximum Gasteiger partial charge on any atom is 0.163 e. The van der Waals surface area contributed by atoms with Crippen molar-refractivity contribution >= 4 is 33.9 Å². The van der Waals surface area contributed by atoms with Crippen LogP contribution in [-0.2, 0) is 4.74 Å². The summed E-state index contributed by atoms with van der Waals surface area (Å²) in [6.07, 6.45) is 2.43. The Labute approximate surface area is 185 Å². The standard InChI is InChI=1S/C22H24ClFN4O3/c1-29-21-12-16-19(13-22(21)31-8-2-5-28-6-9-30-10-7-28)27-25-14-20(16)26-18-4-3-15(23)11-17(18)24/h3-4,11-14H,2,5-10H2,1H3,(H,26,27). The molecular formula is C22H24ClFN4O3. The predicted octanol–water partition coefficient (Wildman–Crippen LogP) is 4.28. The number of fused-ring (bicyclic) bond motifs is 1. The average molecular weight is 447 g/mol. The lowest BCUT2D eigenvalue weighted by atomic mass is 10.1. The van der Waals surface area contributed by atoms with Crippen LogP contribution in [0.2, 0.25) is 5.02 Å². The van der Waals surface area contributed by atoms with Crippen LogP contribution >= 0.6 is 11.6 Å². The van der Waals surface area contributed by atoms with Gasteiger partial charge in [0.15, 0.2) is 11.5 Å². The molecule has 0 spiro atoms. The molecule has 0 unspecified atom stereocenters. The summed E-state index contributed by atoms with van der Waals surface area (Å²) in [6.45, 7) is 5.00. The van der Waals surface area contributed by atoms with Gasteiger partial charge in [-0.25, -0.2) is 4.39 Å². The molecule has 1 aliphatic rings. The molecular weight excluding hydrogens is 423 g/mol. The Bertz CT molecular complexity index is 1050. The topological polar surface area (TPSA) is 68.7 Å². The summed E-state index contributed by atoms with van der Waals surface area (Å²) in [5.41, 5.74) is 1.51. The Balaban J connectivity index is 1.49. The minimum Gasteiger partial charge on any atom is -0.493 e. The number of halogens is 2. The van der Waals surface area contributed by atoms with Crippen LogP contribution in [0.5, 0.6) is 11.5 Å². The van der Waals surface area contributed by atoms with E-state index in [0.29, 0.717) is 40.0 Å². The number of aromatic nitrogens is 2. The minimum atomic E-state index is -0.454. The van der Waals surface area contributed by atoms with E-state index in [2.05, 4.69) is 20.4 Å². The summed E-state index contributed by atoms with van der Waals surface area (Å²) in [5.74, 6) is 0.720. The summed E-state index contributed by atoms with van der Waals surface area (Å²) in [5, 5.41) is 12.4. The maximum absolute atomic E-state index is 14.2. The summed E-state index contributed by atoms with van der Waals surface area (Å²) < 4.78 is 31.1. The molecule has 2 aromatic carbocycles. The lowest BCUT2D eigenvalue weighted by molar-refractivity contribution is 0.0357. The zero-order valence-corrected chi connectivity index (χ0v) is 18.0. The van der Waals surface area contributed by atoms with Crippen LogP contribution in [0.25, 0.3) is 10.9 Å². The monoisotopic (exact) mass is 446 g/mol. The first-order chi connectivity index (χ1) is 15.1. The number of morpholine rings is 1. The zero-order chi connectivity index (χ0) is 21.6. The van der Waals surface area contributed by atoms with Gasteiger partial charge in [0.25, 0.3) is 0 Å². The fourth-order valence-electron chi connectivity index (χ4n) is 3.47. The smallest absolute Gasteiger partial charge is 0.163 e. The minimum absolute atomic E-state index is 0.293. The third-order valence-electron chi connectivity index (χ3n) is 5.10. The predicted molar refractivity (Wildman–Crippen MR) is 118 cm³/mol. The van der Waals surface area contributed by atoms with Gasteiger partial charge in [-0.05, 0) is 30.7 Å². The SMILES string of the molecule is COc1cc2c(Nc3ccc(Cl)cc3F)cnnc2cc1OCCCN1CCOCC1. The highest BCUT2D eigenvalue weighted by Crippen LogP contribution is 2.35. The second-order valence-corrected chi connectivity index (χ2v) is 7.62. The molecule has 2 heterocycles. The van der Waals surface area contributed by atoms with Gasteiger partial charge in [-0.15, -0.1) is 0 Å². The number of methoxy groups -OCH3 is 1. The molecule has 4 rings (SSSR count). The first kappa shape index (κ1) is 21.5. The highest BCUT2D eigenvalue weighted by Gasteiger charge is 2.14. The van der Waals surface area contributed by atoms with Gasteiger partial charge in [0.1, 0.15) is 5.82 Å². The van der Waals surface area contributed by atoms with Crippen LogP contribution in [0.3, 0.4) is 0 Å². The molecule has 0 radical (unpaired) electrons. The Hall–Kier alpha value is -2.68. The highest BCUT2D eigenvalue weighted by molar-refractivity contribution is 6.30. The summed E-state index contributed by atoms with van der Waals surface area (Å²) in [7, 11) is 1.59. The van der Waals surface area contributed by atoms with Crippen molar-refractivity contribution in [1.82, 2.24) is 15.1 Å². The van der Waals surface area contributed by atoms with Gasteiger partial charge in [0, 0.05) is 36.1 Å². The van der Waals surface area contributed by atoms with Crippen LogP contribution in [0.4, 0.5) is 15.8 Å². The molecule has 3 aromatic rings. The van der Waals surface area contributed by atoms with Crippen molar-refractivity contribution in [2.75, 3.05) is 51.9 Å². The summed E-state index contributed by atoms with van der Waals surface area (Å²) in [4.78, 5) is 2.36. The van der Waals surface area contributed by atoms with Gasteiger partial charge in [0.2, 0.25) is 0 Å². The molecule has 1 aliphatic heterocycles. The van der Waals surface area contributed by atoms with E-state index in [1.54, 1.807) is 31.5 Å². The Morgan fingerprint density at radius 3 is 2.77 bits per heavy atom. The van der Waals surface area contributed by atoms with Gasteiger partial charge in [-0.2, -0.15) is 10.2 Å². The molecule has 9 heteroatoms. The van der Waals surface area contributed by atoms with Crippen molar-refractivity contribution in [3.8, 4) is 11.5 Å². The van der Waals surface area contributed by atoms with E-state index in [-0.39, 0.29) is 0 Å². The quantitative estimate of drug-likeness (QED) is 0.518. The Morgan fingerprint density at radius 2 is 2.00 bits per heavy atom. The number of anilines is 2. The lowest BCUT2D eigenvalue weighted by Gasteiger charge is -2.26. The molecule has 164 valence electrons. The van der Waals surface area contributed by atoms with E-state index < -0.39 is 5.82 Å². The van der Waals surface area contributed by atoms with E-state index in [1.807, 2.05) is 6.07 Å². The van der Waals surface area contributed by atoms with Crippen molar-refractivity contribution < 1.29 is 18.6 Å². The number of benzene rings is 2. The zero-order valence-electron chi connectivity index (χ0n) is 17.2. The van der Waals surface area contributed by atoms with Crippen molar-refractivity contribution in [2.24, 2.45) is 0 Å². The molecule has 7 nitrogen and oxygen atoms in total. The molecule has 1 aromatic heterocycles. The van der Waals surface area contributed by atoms with E-state index in [0.717, 1.165) is 44.7 Å². The molecule has 0 saturated carbocycles. The van der Waals surface area contributed by atoms with E-state index in [4.69, 9.17) is 25.8 Å². The Kier molecular flexibility index (Phi) is 7.01. The van der Waals surface area contributed by atoms with Gasteiger partial charge in [-0.1, -0.05) is 11.6 Å². The number of ether oxygens (including phenoxy) is 3. The molecule has 1 N–H and O–H groups in total. The third kappa shape index (κ3) is 5.33. The maximum atomic E-state index is 14.2. The fourth-order valence-corrected chi connectivity index (χ4v) is 3.63. The molecule has 0 amide bonds. The normalized spacial score (nSPS) is 14.5. The number of nitrogens with zero attached hydrogens (tertiary/aromatic N) is 3. The number of hydrogen-bond acceptors (Lipinski definition) is 7. The summed E-state index contributed by atoms with van der Waals surface area (Å²) in [6, 6.07) is 8.06. The van der Waals surface area contributed by atoms with Gasteiger partial charge < -0.3 is 19.5 Å². The molecule has 1 fully saturated rings. The lowest BCUT2D eigenvalue weighted by Crippen LogP contribution is -2.37. The first-order valence-corrected chi connectivity index (χ1v) is 10.5. The number of rotatable bonds is 8. The largest absolute Gasteiger partial charge is 0.493 e. The molecule has 0 atom stereocenters. The van der Waals surface area contributed by atoms with Crippen molar-refractivity contribution in [3.05, 3.63) is 47.4 Å². The molecule has 31 heavy (non-hydrogen) atoms. The Morgan fingerprint density at radius 1 is 1.16 bits per heavy atom. The van der Waals surface area contributed by atoms with Gasteiger partial charge >= 0.3 is 0 Å². The van der Waals surface area contributed by atoms with Crippen molar-refractivity contribution in [1.29, 1.82) is 0 Å². The third-order valence-corrected chi connectivity index (χ3v) is 5.34. The van der Waals surface area contributed by atoms with E-state index >= 15 is 0 Å². The van der Waals surface area contributed by atoms with Gasteiger partial charge in [0.05, 0.1) is 50.0 Å². The second kappa shape index (κ2) is 10.1. The van der Waals surface area contributed by atoms with Crippen LogP contribution in [0.15, 0.2) is 36.5 Å². The number of hydrogen-bond donors (Lipinski definition) is 1. The van der Waals surface area contributed by atoms with E-state index in [1.165, 1.54) is 6.07 Å². The first-order valence-electron chi connectivity index (χ1n) is 10.1. The van der Waals surface area contributed by atoms with Gasteiger partial charge in [-0.3, -0.25) is 4.90 Å². The highest BCUT2D eigenvalue weighted by atomic mass is 35.5. The second-order valence-electron chi connectivity index (χ2n) is 7.18. The number of nitrogens with one attached hydrogen (secondary N) is 1. The molecule has 0 aliphatic carbocycles. The fraction of sp³-hybridized carbons (Fsp3) is 0.364. The van der Waals surface area contributed by atoms with Crippen LogP contribution in [0, 0.1) is 5.82 Å². The van der Waals surface area contributed by atoms with Crippen molar-refractivity contribution in [3.63, 3.8) is 0 Å².